The van der Waals surface area contributed by atoms with Crippen molar-refractivity contribution >= 4 is 29.9 Å². The zero-order valence-corrected chi connectivity index (χ0v) is 19.3. The minimum absolute atomic E-state index is 0. The van der Waals surface area contributed by atoms with Gasteiger partial charge in [-0.2, -0.15) is 0 Å². The number of nitrogens with zero attached hydrogens (tertiary/aromatic N) is 1. The van der Waals surface area contributed by atoms with Crippen molar-refractivity contribution in [3.63, 3.8) is 0 Å². The van der Waals surface area contributed by atoms with Gasteiger partial charge in [-0.05, 0) is 57.0 Å². The van der Waals surface area contributed by atoms with Crippen LogP contribution in [0.2, 0.25) is 0 Å². The maximum atomic E-state index is 5.74. The predicted octanol–water partition coefficient (Wildman–Crippen LogP) is 4.35. The highest BCUT2D eigenvalue weighted by Gasteiger charge is 2.01. The van der Waals surface area contributed by atoms with Gasteiger partial charge in [-0.25, -0.2) is 4.99 Å². The third kappa shape index (κ3) is 9.98. The molecular formula is C21H32IN3O3. The lowest BCUT2D eigenvalue weighted by atomic mass is 10.2. The highest BCUT2D eigenvalue weighted by Crippen LogP contribution is 2.15. The average Bonchev–Trinajstić information content (AvgIpc) is 3.15. The van der Waals surface area contributed by atoms with Gasteiger partial charge in [-0.1, -0.05) is 12.1 Å². The standard InChI is InChI=1S/C21H31N3O3.HI/c1-4-22-21(23-11-7-12-25-16-20-10-6-13-26-20)24-15-18-8-5-9-19(14-18)27-17(2)3;/h5-6,8-10,13-14,17H,4,7,11-12,15-16H2,1-3H3,(H2,22,23,24);1H. The van der Waals surface area contributed by atoms with E-state index in [1.165, 1.54) is 0 Å². The lowest BCUT2D eigenvalue weighted by Crippen LogP contribution is -2.38. The molecule has 1 aromatic heterocycles. The first-order chi connectivity index (χ1) is 13.2. The molecule has 0 fully saturated rings. The fourth-order valence-electron chi connectivity index (χ4n) is 2.45. The molecule has 0 bridgehead atoms. The molecule has 0 aliphatic rings. The Morgan fingerprint density at radius 3 is 2.75 bits per heavy atom. The summed E-state index contributed by atoms with van der Waals surface area (Å²) in [6, 6.07) is 11.8. The maximum Gasteiger partial charge on any atom is 0.191 e. The quantitative estimate of drug-likeness (QED) is 0.208. The molecule has 2 N–H and O–H groups in total. The SMILES string of the molecule is CCNC(=NCc1cccc(OC(C)C)c1)NCCCOCc1ccco1.I. The summed E-state index contributed by atoms with van der Waals surface area (Å²) in [5.74, 6) is 2.53. The van der Waals surface area contributed by atoms with Gasteiger partial charge in [-0.3, -0.25) is 0 Å². The number of benzene rings is 1. The Balaban J connectivity index is 0.00000392. The Bertz CT molecular complexity index is 675. The lowest BCUT2D eigenvalue weighted by molar-refractivity contribution is 0.105. The summed E-state index contributed by atoms with van der Waals surface area (Å²) in [7, 11) is 0. The van der Waals surface area contributed by atoms with Crippen LogP contribution in [0, 0.1) is 0 Å². The second-order valence-corrected chi connectivity index (χ2v) is 6.42. The van der Waals surface area contributed by atoms with Gasteiger partial charge in [0.2, 0.25) is 0 Å². The fourth-order valence-corrected chi connectivity index (χ4v) is 2.45. The maximum absolute atomic E-state index is 5.74. The van der Waals surface area contributed by atoms with Gasteiger partial charge in [0.15, 0.2) is 5.96 Å². The van der Waals surface area contributed by atoms with Crippen molar-refractivity contribution < 1.29 is 13.9 Å². The molecular weight excluding hydrogens is 469 g/mol. The third-order valence-corrected chi connectivity index (χ3v) is 3.62. The third-order valence-electron chi connectivity index (χ3n) is 3.62. The zero-order valence-electron chi connectivity index (χ0n) is 16.9. The molecule has 0 radical (unpaired) electrons. The van der Waals surface area contributed by atoms with E-state index in [2.05, 4.69) is 28.6 Å². The van der Waals surface area contributed by atoms with E-state index in [1.54, 1.807) is 6.26 Å². The largest absolute Gasteiger partial charge is 0.491 e. The van der Waals surface area contributed by atoms with Crippen LogP contribution in [0.25, 0.3) is 0 Å². The van der Waals surface area contributed by atoms with E-state index in [9.17, 15) is 0 Å². The Labute approximate surface area is 185 Å². The lowest BCUT2D eigenvalue weighted by Gasteiger charge is -2.12. The fraction of sp³-hybridized carbons (Fsp3) is 0.476. The summed E-state index contributed by atoms with van der Waals surface area (Å²) in [6.07, 6.45) is 2.71. The topological polar surface area (TPSA) is 68.0 Å². The zero-order chi connectivity index (χ0) is 19.3. The van der Waals surface area contributed by atoms with Gasteiger partial charge in [0, 0.05) is 19.7 Å². The van der Waals surface area contributed by atoms with E-state index in [4.69, 9.17) is 13.9 Å². The highest BCUT2D eigenvalue weighted by molar-refractivity contribution is 14.0. The van der Waals surface area contributed by atoms with Crippen LogP contribution < -0.4 is 15.4 Å². The summed E-state index contributed by atoms with van der Waals surface area (Å²) in [5, 5.41) is 6.60. The smallest absolute Gasteiger partial charge is 0.191 e. The van der Waals surface area contributed by atoms with E-state index >= 15 is 0 Å². The van der Waals surface area contributed by atoms with Crippen molar-refractivity contribution in [2.45, 2.75) is 46.4 Å². The summed E-state index contributed by atoms with van der Waals surface area (Å²) >= 11 is 0. The van der Waals surface area contributed by atoms with Crippen molar-refractivity contribution in [1.82, 2.24) is 10.6 Å². The van der Waals surface area contributed by atoms with Crippen molar-refractivity contribution in [1.29, 1.82) is 0 Å². The van der Waals surface area contributed by atoms with Gasteiger partial charge in [0.05, 0.1) is 18.9 Å². The Morgan fingerprint density at radius 1 is 1.18 bits per heavy atom. The number of hydrogen-bond acceptors (Lipinski definition) is 4. The molecule has 0 aliphatic heterocycles. The molecule has 0 spiro atoms. The molecule has 28 heavy (non-hydrogen) atoms. The van der Waals surface area contributed by atoms with Crippen molar-refractivity contribution in [2.24, 2.45) is 4.99 Å². The second-order valence-electron chi connectivity index (χ2n) is 6.42. The van der Waals surface area contributed by atoms with Crippen molar-refractivity contribution in [3.8, 4) is 5.75 Å². The summed E-state index contributed by atoms with van der Waals surface area (Å²) in [4.78, 5) is 4.65. The summed E-state index contributed by atoms with van der Waals surface area (Å²) in [6.45, 7) is 9.49. The van der Waals surface area contributed by atoms with Crippen molar-refractivity contribution in [3.05, 3.63) is 54.0 Å². The normalized spacial score (nSPS) is 11.2. The number of guanidine groups is 1. The molecule has 0 amide bonds. The molecule has 1 aromatic carbocycles. The average molecular weight is 501 g/mol. The van der Waals surface area contributed by atoms with Crippen LogP contribution in [-0.4, -0.2) is 31.8 Å². The number of halogens is 1. The Kier molecular flexibility index (Phi) is 12.4. The monoisotopic (exact) mass is 501 g/mol. The number of hydrogen-bond donors (Lipinski definition) is 2. The second kappa shape index (κ2) is 14.3. The van der Waals surface area contributed by atoms with Gasteiger partial charge in [0.25, 0.3) is 0 Å². The van der Waals surface area contributed by atoms with Crippen LogP contribution in [0.1, 0.15) is 38.5 Å². The number of rotatable bonds is 11. The van der Waals surface area contributed by atoms with Crippen LogP contribution in [0.3, 0.4) is 0 Å². The molecule has 2 aromatic rings. The van der Waals surface area contributed by atoms with E-state index < -0.39 is 0 Å². The summed E-state index contributed by atoms with van der Waals surface area (Å²) < 4.78 is 16.6. The van der Waals surface area contributed by atoms with Gasteiger partial charge < -0.3 is 24.5 Å². The van der Waals surface area contributed by atoms with E-state index in [0.29, 0.717) is 19.8 Å². The molecule has 0 atom stereocenters. The molecule has 156 valence electrons. The first kappa shape index (κ1) is 24.3. The molecule has 0 saturated heterocycles. The van der Waals surface area contributed by atoms with E-state index in [1.807, 2.05) is 44.2 Å². The minimum atomic E-state index is 0. The van der Waals surface area contributed by atoms with Gasteiger partial charge >= 0.3 is 0 Å². The van der Waals surface area contributed by atoms with Gasteiger partial charge in [-0.15, -0.1) is 24.0 Å². The first-order valence-corrected chi connectivity index (χ1v) is 9.55. The molecule has 6 nitrogen and oxygen atoms in total. The number of furan rings is 1. The van der Waals surface area contributed by atoms with Crippen LogP contribution in [0.5, 0.6) is 5.75 Å². The summed E-state index contributed by atoms with van der Waals surface area (Å²) in [5.41, 5.74) is 1.12. The molecule has 0 saturated carbocycles. The number of ether oxygens (including phenoxy) is 2. The molecule has 1 heterocycles. The van der Waals surface area contributed by atoms with Gasteiger partial charge in [0.1, 0.15) is 18.1 Å². The van der Waals surface area contributed by atoms with E-state index in [-0.39, 0.29) is 30.1 Å². The molecule has 7 heteroatoms. The van der Waals surface area contributed by atoms with E-state index in [0.717, 1.165) is 42.5 Å². The number of aliphatic imine (C=N–C) groups is 1. The van der Waals surface area contributed by atoms with Crippen LogP contribution >= 0.6 is 24.0 Å². The molecule has 0 unspecified atom stereocenters. The number of nitrogens with one attached hydrogen (secondary N) is 2. The first-order valence-electron chi connectivity index (χ1n) is 9.55. The Morgan fingerprint density at radius 2 is 2.04 bits per heavy atom. The molecule has 0 aliphatic carbocycles. The van der Waals surface area contributed by atoms with Crippen LogP contribution in [-0.2, 0) is 17.9 Å². The minimum Gasteiger partial charge on any atom is -0.491 e. The highest BCUT2D eigenvalue weighted by atomic mass is 127. The predicted molar refractivity (Wildman–Crippen MR) is 123 cm³/mol. The van der Waals surface area contributed by atoms with Crippen LogP contribution in [0.15, 0.2) is 52.1 Å². The molecule has 2 rings (SSSR count). The van der Waals surface area contributed by atoms with Crippen LogP contribution in [0.4, 0.5) is 0 Å². The Hall–Kier alpha value is -1.74. The van der Waals surface area contributed by atoms with Crippen molar-refractivity contribution in [2.75, 3.05) is 19.7 Å².